The van der Waals surface area contributed by atoms with Crippen molar-refractivity contribution in [1.82, 2.24) is 5.32 Å². The first-order chi connectivity index (χ1) is 8.32. The molecule has 1 aliphatic carbocycles. The topological polar surface area (TPSA) is 21.3 Å². The molecule has 2 aliphatic rings. The minimum absolute atomic E-state index is 0.419. The lowest BCUT2D eigenvalue weighted by molar-refractivity contribution is 0.180. The van der Waals surface area contributed by atoms with Crippen molar-refractivity contribution in [2.45, 2.75) is 43.6 Å². The highest BCUT2D eigenvalue weighted by molar-refractivity contribution is 5.35. The zero-order valence-corrected chi connectivity index (χ0v) is 10.5. The summed E-state index contributed by atoms with van der Waals surface area (Å²) in [7, 11) is 1.75. The van der Waals surface area contributed by atoms with Gasteiger partial charge in [-0.15, -0.1) is 0 Å². The predicted molar refractivity (Wildman–Crippen MR) is 69.5 cm³/mol. The number of benzene rings is 1. The molecule has 0 radical (unpaired) electrons. The fraction of sp³-hybridized carbons (Fsp3) is 0.600. The van der Waals surface area contributed by atoms with Gasteiger partial charge in [-0.05, 0) is 55.3 Å². The average molecular weight is 231 g/mol. The van der Waals surface area contributed by atoms with Gasteiger partial charge >= 0.3 is 0 Å². The first kappa shape index (κ1) is 11.1. The minimum Gasteiger partial charge on any atom is -0.497 e. The van der Waals surface area contributed by atoms with E-state index >= 15 is 0 Å². The summed E-state index contributed by atoms with van der Waals surface area (Å²) < 4.78 is 5.36. The summed E-state index contributed by atoms with van der Waals surface area (Å²) in [5, 5.41) is 3.64. The molecular weight excluding hydrogens is 210 g/mol. The number of rotatable bonds is 2. The lowest BCUT2D eigenvalue weighted by Gasteiger charge is -2.46. The summed E-state index contributed by atoms with van der Waals surface area (Å²) in [5.41, 5.74) is 1.91. The standard InChI is InChI=1S/C15H21NO/c1-17-14-6-2-4-12(10-14)15-7-3-5-13(11-15)16-9-8-15/h2,4,6,10,13,16H,3,5,7-9,11H2,1H3/t13-,15+/m0/s1. The van der Waals surface area contributed by atoms with Crippen molar-refractivity contribution in [3.8, 4) is 5.75 Å². The molecule has 0 amide bonds. The molecular formula is C15H21NO. The molecule has 1 saturated heterocycles. The van der Waals surface area contributed by atoms with E-state index in [9.17, 15) is 0 Å². The van der Waals surface area contributed by atoms with E-state index in [-0.39, 0.29) is 0 Å². The fourth-order valence-electron chi connectivity index (χ4n) is 3.64. The lowest BCUT2D eigenvalue weighted by Crippen LogP contribution is -2.49. The summed E-state index contributed by atoms with van der Waals surface area (Å²) in [6.07, 6.45) is 6.63. The first-order valence-corrected chi connectivity index (χ1v) is 6.70. The average Bonchev–Trinajstić information content (AvgIpc) is 2.39. The first-order valence-electron chi connectivity index (χ1n) is 6.70. The van der Waals surface area contributed by atoms with Gasteiger partial charge in [-0.3, -0.25) is 0 Å². The summed E-state index contributed by atoms with van der Waals surface area (Å²) in [4.78, 5) is 0. The Morgan fingerprint density at radius 2 is 2.29 bits per heavy atom. The molecule has 2 fully saturated rings. The van der Waals surface area contributed by atoms with Crippen LogP contribution in [-0.2, 0) is 5.41 Å². The summed E-state index contributed by atoms with van der Waals surface area (Å²) in [6.45, 7) is 1.17. The number of hydrogen-bond donors (Lipinski definition) is 1. The largest absolute Gasteiger partial charge is 0.497 e. The van der Waals surface area contributed by atoms with Gasteiger partial charge in [0.2, 0.25) is 0 Å². The van der Waals surface area contributed by atoms with E-state index in [2.05, 4.69) is 23.5 Å². The van der Waals surface area contributed by atoms with Crippen LogP contribution in [0.25, 0.3) is 0 Å². The van der Waals surface area contributed by atoms with Crippen molar-refractivity contribution in [3.63, 3.8) is 0 Å². The molecule has 2 heteroatoms. The molecule has 1 N–H and O–H groups in total. The third kappa shape index (κ3) is 1.95. The van der Waals surface area contributed by atoms with Crippen LogP contribution in [0.1, 0.15) is 37.7 Å². The van der Waals surface area contributed by atoms with Gasteiger partial charge in [-0.1, -0.05) is 18.6 Å². The van der Waals surface area contributed by atoms with Gasteiger partial charge in [0.05, 0.1) is 7.11 Å². The second-order valence-corrected chi connectivity index (χ2v) is 5.51. The number of hydrogen-bond acceptors (Lipinski definition) is 2. The van der Waals surface area contributed by atoms with Crippen molar-refractivity contribution in [1.29, 1.82) is 0 Å². The highest BCUT2D eigenvalue weighted by atomic mass is 16.5. The molecule has 1 saturated carbocycles. The van der Waals surface area contributed by atoms with Crippen LogP contribution < -0.4 is 10.1 Å². The highest BCUT2D eigenvalue weighted by Crippen LogP contribution is 2.44. The molecule has 2 bridgehead atoms. The third-order valence-electron chi connectivity index (χ3n) is 4.56. The van der Waals surface area contributed by atoms with Crippen LogP contribution in [0.4, 0.5) is 0 Å². The number of nitrogens with one attached hydrogen (secondary N) is 1. The second kappa shape index (κ2) is 4.34. The molecule has 1 heterocycles. The zero-order valence-electron chi connectivity index (χ0n) is 10.5. The van der Waals surface area contributed by atoms with Crippen LogP contribution in [0.15, 0.2) is 24.3 Å². The Bertz CT molecular complexity index is 392. The lowest BCUT2D eigenvalue weighted by atomic mass is 9.64. The quantitative estimate of drug-likeness (QED) is 0.845. The van der Waals surface area contributed by atoms with Crippen molar-refractivity contribution < 1.29 is 4.74 Å². The Morgan fingerprint density at radius 1 is 1.35 bits per heavy atom. The van der Waals surface area contributed by atoms with E-state index in [1.165, 1.54) is 44.2 Å². The normalized spacial score (nSPS) is 32.2. The van der Waals surface area contributed by atoms with Gasteiger partial charge in [0, 0.05) is 6.04 Å². The van der Waals surface area contributed by atoms with Gasteiger partial charge in [-0.2, -0.15) is 0 Å². The SMILES string of the molecule is COc1cccc([C@@]23CCC[C@@H](C2)NCC3)c1. The molecule has 17 heavy (non-hydrogen) atoms. The molecule has 2 atom stereocenters. The number of fused-ring (bicyclic) bond motifs is 2. The van der Waals surface area contributed by atoms with Crippen molar-refractivity contribution in [2.24, 2.45) is 0 Å². The highest BCUT2D eigenvalue weighted by Gasteiger charge is 2.40. The van der Waals surface area contributed by atoms with E-state index in [1.807, 2.05) is 6.07 Å². The maximum absolute atomic E-state index is 5.36. The summed E-state index contributed by atoms with van der Waals surface area (Å²) in [5.74, 6) is 0.998. The zero-order chi connectivity index (χ0) is 11.7. The number of piperidine rings is 1. The van der Waals surface area contributed by atoms with Gasteiger partial charge in [0.1, 0.15) is 5.75 Å². The summed E-state index contributed by atoms with van der Waals surface area (Å²) >= 11 is 0. The third-order valence-corrected chi connectivity index (χ3v) is 4.56. The van der Waals surface area contributed by atoms with Crippen molar-refractivity contribution in [2.75, 3.05) is 13.7 Å². The van der Waals surface area contributed by atoms with E-state index in [0.29, 0.717) is 5.41 Å². The Kier molecular flexibility index (Phi) is 2.83. The van der Waals surface area contributed by atoms with Crippen LogP contribution in [0.3, 0.4) is 0 Å². The monoisotopic (exact) mass is 231 g/mol. The summed E-state index contributed by atoms with van der Waals surface area (Å²) in [6, 6.07) is 9.45. The molecule has 0 spiro atoms. The predicted octanol–water partition coefficient (Wildman–Crippen LogP) is 2.87. The maximum atomic E-state index is 5.36. The Morgan fingerprint density at radius 3 is 3.18 bits per heavy atom. The van der Waals surface area contributed by atoms with Crippen LogP contribution in [0.5, 0.6) is 5.75 Å². The number of methoxy groups -OCH3 is 1. The smallest absolute Gasteiger partial charge is 0.119 e. The van der Waals surface area contributed by atoms with Crippen molar-refractivity contribution >= 4 is 0 Å². The van der Waals surface area contributed by atoms with Crippen LogP contribution in [0.2, 0.25) is 0 Å². The van der Waals surface area contributed by atoms with Gasteiger partial charge < -0.3 is 10.1 Å². The molecule has 92 valence electrons. The molecule has 1 aromatic rings. The molecule has 3 rings (SSSR count). The van der Waals surface area contributed by atoms with Crippen LogP contribution in [-0.4, -0.2) is 19.7 Å². The van der Waals surface area contributed by atoms with E-state index < -0.39 is 0 Å². The fourth-order valence-corrected chi connectivity index (χ4v) is 3.64. The maximum Gasteiger partial charge on any atom is 0.119 e. The van der Waals surface area contributed by atoms with Gasteiger partial charge in [0.15, 0.2) is 0 Å². The number of ether oxygens (including phenoxy) is 1. The molecule has 0 unspecified atom stereocenters. The van der Waals surface area contributed by atoms with E-state index in [1.54, 1.807) is 7.11 Å². The second-order valence-electron chi connectivity index (χ2n) is 5.51. The Labute approximate surface area is 103 Å². The molecule has 0 aromatic heterocycles. The van der Waals surface area contributed by atoms with Crippen LogP contribution >= 0.6 is 0 Å². The molecule has 1 aliphatic heterocycles. The minimum atomic E-state index is 0.419. The molecule has 2 nitrogen and oxygen atoms in total. The Hall–Kier alpha value is -1.02. The van der Waals surface area contributed by atoms with Crippen molar-refractivity contribution in [3.05, 3.63) is 29.8 Å². The van der Waals surface area contributed by atoms with E-state index in [0.717, 1.165) is 11.8 Å². The van der Waals surface area contributed by atoms with Gasteiger partial charge in [-0.25, -0.2) is 0 Å². The van der Waals surface area contributed by atoms with E-state index in [4.69, 9.17) is 4.74 Å². The van der Waals surface area contributed by atoms with Crippen LogP contribution in [0, 0.1) is 0 Å². The van der Waals surface area contributed by atoms with Gasteiger partial charge in [0.25, 0.3) is 0 Å². The Balaban J connectivity index is 1.94. The molecule has 1 aromatic carbocycles.